The van der Waals surface area contributed by atoms with Gasteiger partial charge in [0, 0.05) is 22.5 Å². The lowest BCUT2D eigenvalue weighted by molar-refractivity contribution is -0.0368. The quantitative estimate of drug-likeness (QED) is 0.588. The molecule has 100 valence electrons. The molecule has 0 spiro atoms. The highest BCUT2D eigenvalue weighted by Crippen LogP contribution is 2.31. The van der Waals surface area contributed by atoms with Crippen molar-refractivity contribution in [3.63, 3.8) is 0 Å². The molecule has 18 heavy (non-hydrogen) atoms. The van der Waals surface area contributed by atoms with Gasteiger partial charge < -0.3 is 9.47 Å². The number of halogens is 2. The number of benzene rings is 1. The lowest BCUT2D eigenvalue weighted by Gasteiger charge is -2.30. The maximum Gasteiger partial charge on any atom is 0.129 e. The van der Waals surface area contributed by atoms with E-state index in [1.54, 1.807) is 12.1 Å². The van der Waals surface area contributed by atoms with Crippen LogP contribution in [0.15, 0.2) is 24.3 Å². The van der Waals surface area contributed by atoms with Crippen molar-refractivity contribution in [1.29, 1.82) is 0 Å². The molecule has 2 nitrogen and oxygen atoms in total. The van der Waals surface area contributed by atoms with Gasteiger partial charge in [0.15, 0.2) is 0 Å². The van der Waals surface area contributed by atoms with E-state index in [1.807, 2.05) is 13.0 Å². The van der Waals surface area contributed by atoms with Crippen LogP contribution in [-0.4, -0.2) is 24.2 Å². The second-order valence-electron chi connectivity index (χ2n) is 4.88. The van der Waals surface area contributed by atoms with E-state index in [2.05, 4.69) is 22.6 Å². The first-order valence-electron chi connectivity index (χ1n) is 6.18. The van der Waals surface area contributed by atoms with Crippen molar-refractivity contribution in [2.75, 3.05) is 24.2 Å². The molecule has 2 atom stereocenters. The van der Waals surface area contributed by atoms with Crippen molar-refractivity contribution in [3.8, 4) is 0 Å². The van der Waals surface area contributed by atoms with Crippen LogP contribution < -0.4 is 0 Å². The van der Waals surface area contributed by atoms with Gasteiger partial charge in [-0.2, -0.15) is 0 Å². The SMILES string of the molecule is CC(CI)(OCC1CCOC1)c1ccccc1F. The number of alkyl halides is 1. The topological polar surface area (TPSA) is 18.5 Å². The summed E-state index contributed by atoms with van der Waals surface area (Å²) in [6.45, 7) is 4.16. The van der Waals surface area contributed by atoms with E-state index in [9.17, 15) is 4.39 Å². The minimum atomic E-state index is -0.561. The van der Waals surface area contributed by atoms with E-state index < -0.39 is 5.60 Å². The summed E-state index contributed by atoms with van der Waals surface area (Å²) in [5.41, 5.74) is 0.0763. The lowest BCUT2D eigenvalue weighted by atomic mass is 9.97. The molecular formula is C14H18FIO2. The summed E-state index contributed by atoms with van der Waals surface area (Å²) >= 11 is 2.25. The average Bonchev–Trinajstić information content (AvgIpc) is 2.90. The molecule has 0 bridgehead atoms. The van der Waals surface area contributed by atoms with E-state index in [0.29, 0.717) is 18.1 Å². The second-order valence-corrected chi connectivity index (χ2v) is 5.65. The molecule has 0 aliphatic carbocycles. The molecule has 1 aliphatic heterocycles. The first-order chi connectivity index (χ1) is 8.65. The Morgan fingerprint density at radius 1 is 1.50 bits per heavy atom. The highest BCUT2D eigenvalue weighted by atomic mass is 127. The normalized spacial score (nSPS) is 22.9. The largest absolute Gasteiger partial charge is 0.381 e. The van der Waals surface area contributed by atoms with Gasteiger partial charge >= 0.3 is 0 Å². The minimum absolute atomic E-state index is 0.195. The lowest BCUT2D eigenvalue weighted by Crippen LogP contribution is -2.31. The first kappa shape index (κ1) is 14.2. The average molecular weight is 364 g/mol. The van der Waals surface area contributed by atoms with E-state index in [4.69, 9.17) is 9.47 Å². The monoisotopic (exact) mass is 364 g/mol. The van der Waals surface area contributed by atoms with Crippen LogP contribution in [0.4, 0.5) is 4.39 Å². The molecule has 2 unspecified atom stereocenters. The summed E-state index contributed by atoms with van der Waals surface area (Å²) in [7, 11) is 0. The van der Waals surface area contributed by atoms with Gasteiger partial charge in [-0.25, -0.2) is 4.39 Å². The predicted octanol–water partition coefficient (Wildman–Crippen LogP) is 3.53. The molecule has 1 aromatic rings. The highest BCUT2D eigenvalue weighted by molar-refractivity contribution is 14.1. The van der Waals surface area contributed by atoms with E-state index >= 15 is 0 Å². The maximum absolute atomic E-state index is 13.9. The number of ether oxygens (including phenoxy) is 2. The summed E-state index contributed by atoms with van der Waals surface area (Å²) in [4.78, 5) is 0. The van der Waals surface area contributed by atoms with Gasteiger partial charge in [-0.3, -0.25) is 0 Å². The molecule has 0 saturated carbocycles. The Kier molecular flexibility index (Phi) is 4.98. The highest BCUT2D eigenvalue weighted by Gasteiger charge is 2.30. The molecule has 1 aliphatic rings. The summed E-state index contributed by atoms with van der Waals surface area (Å²) in [5.74, 6) is 0.249. The van der Waals surface area contributed by atoms with Crippen LogP contribution >= 0.6 is 22.6 Å². The Bertz CT molecular complexity index is 393. The fourth-order valence-electron chi connectivity index (χ4n) is 2.09. The van der Waals surface area contributed by atoms with Gasteiger partial charge in [-0.05, 0) is 19.4 Å². The van der Waals surface area contributed by atoms with Crippen molar-refractivity contribution in [3.05, 3.63) is 35.6 Å². The Balaban J connectivity index is 2.07. The van der Waals surface area contributed by atoms with Gasteiger partial charge in [0.1, 0.15) is 11.4 Å². The third-order valence-corrected chi connectivity index (χ3v) is 4.82. The zero-order valence-electron chi connectivity index (χ0n) is 10.5. The van der Waals surface area contributed by atoms with Crippen LogP contribution in [0.5, 0.6) is 0 Å². The summed E-state index contributed by atoms with van der Waals surface area (Å²) < 4.78 is 25.9. The van der Waals surface area contributed by atoms with Crippen LogP contribution in [0, 0.1) is 11.7 Å². The molecule has 1 saturated heterocycles. The Morgan fingerprint density at radius 3 is 2.89 bits per heavy atom. The van der Waals surface area contributed by atoms with Crippen LogP contribution in [0.3, 0.4) is 0 Å². The van der Waals surface area contributed by atoms with E-state index in [1.165, 1.54) is 6.07 Å². The smallest absolute Gasteiger partial charge is 0.129 e. The van der Waals surface area contributed by atoms with Crippen LogP contribution in [0.2, 0.25) is 0 Å². The summed E-state index contributed by atoms with van der Waals surface area (Å²) in [6.07, 6.45) is 1.04. The molecule has 1 heterocycles. The molecular weight excluding hydrogens is 346 g/mol. The van der Waals surface area contributed by atoms with Crippen molar-refractivity contribution in [2.24, 2.45) is 5.92 Å². The van der Waals surface area contributed by atoms with Gasteiger partial charge in [0.2, 0.25) is 0 Å². The summed E-state index contributed by atoms with van der Waals surface area (Å²) in [5, 5.41) is 0. The minimum Gasteiger partial charge on any atom is -0.381 e. The number of rotatable bonds is 5. The number of hydrogen-bond donors (Lipinski definition) is 0. The third kappa shape index (κ3) is 3.22. The van der Waals surface area contributed by atoms with E-state index in [-0.39, 0.29) is 5.82 Å². The Hall–Kier alpha value is -0.200. The molecule has 0 radical (unpaired) electrons. The summed E-state index contributed by atoms with van der Waals surface area (Å²) in [6, 6.07) is 6.85. The molecule has 0 amide bonds. The Labute approximate surface area is 121 Å². The fraction of sp³-hybridized carbons (Fsp3) is 0.571. The third-order valence-electron chi connectivity index (χ3n) is 3.36. The molecule has 1 fully saturated rings. The standard InChI is InChI=1S/C14H18FIO2/c1-14(10-16,12-4-2-3-5-13(12)15)18-9-11-6-7-17-8-11/h2-5,11H,6-10H2,1H3. The molecule has 0 N–H and O–H groups in total. The molecule has 0 aromatic heterocycles. The van der Waals surface area contributed by atoms with Crippen molar-refractivity contribution < 1.29 is 13.9 Å². The van der Waals surface area contributed by atoms with Crippen molar-refractivity contribution in [1.82, 2.24) is 0 Å². The number of hydrogen-bond acceptors (Lipinski definition) is 2. The van der Waals surface area contributed by atoms with E-state index in [0.717, 1.165) is 24.1 Å². The molecule has 4 heteroatoms. The zero-order chi connectivity index (χ0) is 13.0. The zero-order valence-corrected chi connectivity index (χ0v) is 12.7. The molecule has 2 rings (SSSR count). The second kappa shape index (κ2) is 6.30. The van der Waals surface area contributed by atoms with Gasteiger partial charge in [-0.1, -0.05) is 40.8 Å². The first-order valence-corrected chi connectivity index (χ1v) is 7.71. The van der Waals surface area contributed by atoms with Crippen LogP contribution in [0.25, 0.3) is 0 Å². The van der Waals surface area contributed by atoms with Crippen molar-refractivity contribution >= 4 is 22.6 Å². The predicted molar refractivity (Wildman–Crippen MR) is 77.5 cm³/mol. The molecule has 1 aromatic carbocycles. The maximum atomic E-state index is 13.9. The van der Waals surface area contributed by atoms with Gasteiger partial charge in [0.25, 0.3) is 0 Å². The van der Waals surface area contributed by atoms with Crippen LogP contribution in [-0.2, 0) is 15.1 Å². The van der Waals surface area contributed by atoms with Gasteiger partial charge in [0.05, 0.1) is 13.2 Å². The van der Waals surface area contributed by atoms with Gasteiger partial charge in [-0.15, -0.1) is 0 Å². The van der Waals surface area contributed by atoms with Crippen molar-refractivity contribution in [2.45, 2.75) is 18.9 Å². The van der Waals surface area contributed by atoms with Crippen LogP contribution in [0.1, 0.15) is 18.9 Å². The Morgan fingerprint density at radius 2 is 2.28 bits per heavy atom. The fourth-order valence-corrected chi connectivity index (χ4v) is 2.73.